The summed E-state index contributed by atoms with van der Waals surface area (Å²) in [6, 6.07) is 2.68. The summed E-state index contributed by atoms with van der Waals surface area (Å²) in [4.78, 5) is -0.212. The van der Waals surface area contributed by atoms with Crippen LogP contribution < -0.4 is 9.47 Å². The largest absolute Gasteiger partial charge is 0.497 e. The molecule has 1 aromatic rings. The molecule has 0 saturated carbocycles. The molecule has 0 bridgehead atoms. The molecule has 1 rings (SSSR count). The molecule has 0 amide bonds. The highest BCUT2D eigenvalue weighted by atomic mass is 35.7. The van der Waals surface area contributed by atoms with Gasteiger partial charge in [-0.3, -0.25) is 0 Å². The first-order valence-corrected chi connectivity index (χ1v) is 6.45. The second-order valence-electron chi connectivity index (χ2n) is 2.58. The third-order valence-corrected chi connectivity index (χ3v) is 3.29. The van der Waals surface area contributed by atoms with Gasteiger partial charge >= 0.3 is 0 Å². The van der Waals surface area contributed by atoms with Crippen molar-refractivity contribution in [1.82, 2.24) is 0 Å². The van der Waals surface area contributed by atoms with Gasteiger partial charge in [-0.15, -0.1) is 0 Å². The highest BCUT2D eigenvalue weighted by molar-refractivity contribution is 8.13. The van der Waals surface area contributed by atoms with Crippen molar-refractivity contribution in [1.29, 1.82) is 0 Å². The Labute approximate surface area is 97.1 Å². The molecule has 0 aliphatic carbocycles. The van der Waals surface area contributed by atoms with Crippen molar-refractivity contribution in [3.8, 4) is 11.5 Å². The summed E-state index contributed by atoms with van der Waals surface area (Å²) in [6.45, 7) is 0. The average Bonchev–Trinajstić information content (AvgIpc) is 2.15. The number of benzene rings is 1. The third-order valence-electron chi connectivity index (χ3n) is 1.69. The van der Waals surface area contributed by atoms with Gasteiger partial charge in [0.05, 0.1) is 19.2 Å². The van der Waals surface area contributed by atoms with Crippen molar-refractivity contribution in [2.24, 2.45) is 0 Å². The van der Waals surface area contributed by atoms with E-state index >= 15 is 0 Å². The van der Waals surface area contributed by atoms with E-state index in [1.807, 2.05) is 0 Å². The Morgan fingerprint density at radius 2 is 1.80 bits per heavy atom. The molecule has 0 spiro atoms. The average molecular weight is 271 g/mol. The van der Waals surface area contributed by atoms with E-state index in [4.69, 9.17) is 31.8 Å². The Balaban J connectivity index is 3.53. The minimum atomic E-state index is -3.92. The van der Waals surface area contributed by atoms with Crippen LogP contribution in [-0.2, 0) is 9.05 Å². The van der Waals surface area contributed by atoms with Crippen molar-refractivity contribution < 1.29 is 17.9 Å². The number of rotatable bonds is 3. The van der Waals surface area contributed by atoms with E-state index in [1.165, 1.54) is 26.4 Å². The molecule has 0 atom stereocenters. The summed E-state index contributed by atoms with van der Waals surface area (Å²) in [5, 5.41) is 0.121. The molecule has 1 aromatic carbocycles. The number of hydrogen-bond donors (Lipinski definition) is 0. The Hall–Kier alpha value is -0.650. The summed E-state index contributed by atoms with van der Waals surface area (Å²) in [5.41, 5.74) is 0. The van der Waals surface area contributed by atoms with Crippen LogP contribution in [0.1, 0.15) is 0 Å². The SMILES string of the molecule is COc1cc(Cl)c(OC)c(S(=O)(=O)Cl)c1. The molecule has 0 aliphatic rings. The normalized spacial score (nSPS) is 11.2. The van der Waals surface area contributed by atoms with Crippen molar-refractivity contribution in [3.05, 3.63) is 17.2 Å². The molecule has 0 saturated heterocycles. The molecule has 15 heavy (non-hydrogen) atoms. The van der Waals surface area contributed by atoms with Crippen LogP contribution in [0.3, 0.4) is 0 Å². The highest BCUT2D eigenvalue weighted by Crippen LogP contribution is 2.37. The van der Waals surface area contributed by atoms with Crippen molar-refractivity contribution in [2.75, 3.05) is 14.2 Å². The molecule has 0 aliphatic heterocycles. The molecule has 7 heteroatoms. The van der Waals surface area contributed by atoms with Gasteiger partial charge in [-0.2, -0.15) is 0 Å². The van der Waals surface area contributed by atoms with Gasteiger partial charge in [-0.25, -0.2) is 8.42 Å². The zero-order chi connectivity index (χ0) is 11.6. The van der Waals surface area contributed by atoms with E-state index in [1.54, 1.807) is 0 Å². The van der Waals surface area contributed by atoms with Crippen LogP contribution in [0, 0.1) is 0 Å². The fraction of sp³-hybridized carbons (Fsp3) is 0.250. The second kappa shape index (κ2) is 4.47. The van der Waals surface area contributed by atoms with Crippen molar-refractivity contribution in [3.63, 3.8) is 0 Å². The molecule has 0 unspecified atom stereocenters. The van der Waals surface area contributed by atoms with E-state index in [2.05, 4.69) is 0 Å². The molecular formula is C8H8Cl2O4S. The Kier molecular flexibility index (Phi) is 3.70. The lowest BCUT2D eigenvalue weighted by atomic mass is 10.3. The monoisotopic (exact) mass is 270 g/mol. The number of methoxy groups -OCH3 is 2. The van der Waals surface area contributed by atoms with Crippen LogP contribution in [-0.4, -0.2) is 22.6 Å². The van der Waals surface area contributed by atoms with E-state index in [-0.39, 0.29) is 15.7 Å². The molecule has 0 aromatic heterocycles. The van der Waals surface area contributed by atoms with E-state index in [0.717, 1.165) is 0 Å². The van der Waals surface area contributed by atoms with Gasteiger partial charge in [0.15, 0.2) is 5.75 Å². The second-order valence-corrected chi connectivity index (χ2v) is 5.52. The summed E-state index contributed by atoms with van der Waals surface area (Å²) < 4.78 is 32.1. The standard InChI is InChI=1S/C8H8Cl2O4S/c1-13-5-3-6(9)8(14-2)7(4-5)15(10,11)12/h3-4H,1-2H3. The Bertz CT molecular complexity index is 470. The zero-order valence-electron chi connectivity index (χ0n) is 7.95. The first kappa shape index (κ1) is 12.4. The fourth-order valence-corrected chi connectivity index (χ4v) is 2.40. The predicted octanol–water partition coefficient (Wildman–Crippen LogP) is 2.28. The van der Waals surface area contributed by atoms with Gasteiger partial charge in [-0.05, 0) is 0 Å². The summed E-state index contributed by atoms with van der Waals surface area (Å²) in [5.74, 6) is 0.299. The van der Waals surface area contributed by atoms with Gasteiger partial charge in [0.2, 0.25) is 0 Å². The number of hydrogen-bond acceptors (Lipinski definition) is 4. The number of halogens is 2. The molecule has 0 fully saturated rings. The number of ether oxygens (including phenoxy) is 2. The fourth-order valence-electron chi connectivity index (χ4n) is 1.04. The quantitative estimate of drug-likeness (QED) is 0.791. The summed E-state index contributed by atoms with van der Waals surface area (Å²) in [6.07, 6.45) is 0. The first-order valence-electron chi connectivity index (χ1n) is 3.76. The van der Waals surface area contributed by atoms with Crippen molar-refractivity contribution in [2.45, 2.75) is 4.90 Å². The van der Waals surface area contributed by atoms with Gasteiger partial charge in [0.1, 0.15) is 10.6 Å². The van der Waals surface area contributed by atoms with Crippen molar-refractivity contribution >= 4 is 31.3 Å². The lowest BCUT2D eigenvalue weighted by Gasteiger charge is -2.09. The third kappa shape index (κ3) is 2.68. The van der Waals surface area contributed by atoms with Crippen LogP contribution in [0.5, 0.6) is 11.5 Å². The zero-order valence-corrected chi connectivity index (χ0v) is 10.3. The first-order chi connectivity index (χ1) is 6.90. The topological polar surface area (TPSA) is 52.6 Å². The minimum Gasteiger partial charge on any atom is -0.497 e. The van der Waals surface area contributed by atoms with Crippen LogP contribution in [0.2, 0.25) is 5.02 Å². The van der Waals surface area contributed by atoms with Crippen LogP contribution in [0.15, 0.2) is 17.0 Å². The smallest absolute Gasteiger partial charge is 0.265 e. The molecule has 0 N–H and O–H groups in total. The minimum absolute atomic E-state index is 0.00691. The molecule has 84 valence electrons. The van der Waals surface area contributed by atoms with Crippen LogP contribution in [0.25, 0.3) is 0 Å². The summed E-state index contributed by atoms with van der Waals surface area (Å²) >= 11 is 5.79. The maximum Gasteiger partial charge on any atom is 0.265 e. The van der Waals surface area contributed by atoms with E-state index in [9.17, 15) is 8.42 Å². The van der Waals surface area contributed by atoms with Crippen LogP contribution in [0.4, 0.5) is 0 Å². The molecule has 4 nitrogen and oxygen atoms in total. The Morgan fingerprint density at radius 3 is 2.20 bits per heavy atom. The predicted molar refractivity (Wildman–Crippen MR) is 57.6 cm³/mol. The van der Waals surface area contributed by atoms with Gasteiger partial charge in [-0.1, -0.05) is 11.6 Å². The van der Waals surface area contributed by atoms with Gasteiger partial charge in [0.25, 0.3) is 9.05 Å². The Morgan fingerprint density at radius 1 is 1.20 bits per heavy atom. The highest BCUT2D eigenvalue weighted by Gasteiger charge is 2.20. The molecule has 0 radical (unpaired) electrons. The maximum absolute atomic E-state index is 11.2. The maximum atomic E-state index is 11.2. The van der Waals surface area contributed by atoms with E-state index < -0.39 is 9.05 Å². The summed E-state index contributed by atoms with van der Waals surface area (Å²) in [7, 11) is 4.00. The molecule has 0 heterocycles. The van der Waals surface area contributed by atoms with E-state index in [0.29, 0.717) is 5.75 Å². The lowest BCUT2D eigenvalue weighted by molar-refractivity contribution is 0.393. The van der Waals surface area contributed by atoms with Crippen LogP contribution >= 0.6 is 22.3 Å². The molecular weight excluding hydrogens is 263 g/mol. The van der Waals surface area contributed by atoms with Gasteiger partial charge in [0, 0.05) is 22.8 Å². The lowest BCUT2D eigenvalue weighted by Crippen LogP contribution is -1.98. The van der Waals surface area contributed by atoms with Gasteiger partial charge < -0.3 is 9.47 Å².